The summed E-state index contributed by atoms with van der Waals surface area (Å²) in [4.78, 5) is 0. The molecule has 0 bridgehead atoms. The summed E-state index contributed by atoms with van der Waals surface area (Å²) in [6.45, 7) is 0.720. The predicted octanol–water partition coefficient (Wildman–Crippen LogP) is 9.68. The van der Waals surface area contributed by atoms with E-state index in [0.717, 1.165) is 73.7 Å². The summed E-state index contributed by atoms with van der Waals surface area (Å²) in [5.74, 6) is 2.56. The predicted molar refractivity (Wildman–Crippen MR) is 147 cm³/mol. The summed E-state index contributed by atoms with van der Waals surface area (Å²) in [6.07, 6.45) is 16.4. The molecule has 2 saturated carbocycles. The summed E-state index contributed by atoms with van der Waals surface area (Å²) < 4.78 is 32.8. The van der Waals surface area contributed by atoms with Crippen molar-refractivity contribution >= 4 is 0 Å². The molecule has 2 aromatic rings. The van der Waals surface area contributed by atoms with Gasteiger partial charge in [0.15, 0.2) is 0 Å². The Labute approximate surface area is 218 Å². The van der Waals surface area contributed by atoms with Crippen LogP contribution < -0.4 is 0 Å². The molecule has 0 heterocycles. The van der Waals surface area contributed by atoms with Crippen molar-refractivity contribution in [1.82, 2.24) is 0 Å². The Hall–Kier alpha value is -1.74. The SMILES string of the molecule is COCC1CCC(CCCCc2ccc(-c3ccc(C4CCC(CCCF)CC4)c(F)c3)cc2)CC1. The maximum absolute atomic E-state index is 15.1. The van der Waals surface area contributed by atoms with Crippen LogP contribution in [-0.2, 0) is 11.2 Å². The highest BCUT2D eigenvalue weighted by Crippen LogP contribution is 2.39. The third kappa shape index (κ3) is 7.88. The Morgan fingerprint density at radius 3 is 1.97 bits per heavy atom. The van der Waals surface area contributed by atoms with E-state index in [1.165, 1.54) is 50.5 Å². The molecule has 36 heavy (non-hydrogen) atoms. The van der Waals surface area contributed by atoms with Crippen LogP contribution in [0.15, 0.2) is 42.5 Å². The molecule has 0 amide bonds. The second kappa shape index (κ2) is 14.3. The molecule has 0 unspecified atom stereocenters. The van der Waals surface area contributed by atoms with Crippen molar-refractivity contribution < 1.29 is 13.5 Å². The van der Waals surface area contributed by atoms with Crippen LogP contribution in [-0.4, -0.2) is 20.4 Å². The van der Waals surface area contributed by atoms with E-state index < -0.39 is 0 Å². The van der Waals surface area contributed by atoms with Crippen molar-refractivity contribution in [3.8, 4) is 11.1 Å². The first-order valence-electron chi connectivity index (χ1n) is 14.6. The Kier molecular flexibility index (Phi) is 10.8. The van der Waals surface area contributed by atoms with Crippen LogP contribution in [0.25, 0.3) is 11.1 Å². The van der Waals surface area contributed by atoms with Crippen LogP contribution in [0.1, 0.15) is 101 Å². The van der Waals surface area contributed by atoms with Crippen LogP contribution in [0.4, 0.5) is 8.78 Å². The third-order valence-corrected chi connectivity index (χ3v) is 9.02. The van der Waals surface area contributed by atoms with E-state index in [9.17, 15) is 4.39 Å². The van der Waals surface area contributed by atoms with E-state index >= 15 is 4.39 Å². The topological polar surface area (TPSA) is 9.23 Å². The van der Waals surface area contributed by atoms with E-state index in [4.69, 9.17) is 4.74 Å². The van der Waals surface area contributed by atoms with Gasteiger partial charge in [-0.1, -0.05) is 62.1 Å². The van der Waals surface area contributed by atoms with Gasteiger partial charge >= 0.3 is 0 Å². The minimum Gasteiger partial charge on any atom is -0.384 e. The smallest absolute Gasteiger partial charge is 0.127 e. The fraction of sp³-hybridized carbons (Fsp3) is 0.636. The Balaban J connectivity index is 1.21. The molecular formula is C33H46F2O. The van der Waals surface area contributed by atoms with Crippen LogP contribution >= 0.6 is 0 Å². The van der Waals surface area contributed by atoms with Crippen molar-refractivity contribution in [3.05, 3.63) is 59.4 Å². The maximum Gasteiger partial charge on any atom is 0.127 e. The normalized spacial score (nSPS) is 24.6. The van der Waals surface area contributed by atoms with Crippen LogP contribution in [0.2, 0.25) is 0 Å². The fourth-order valence-electron chi connectivity index (χ4n) is 6.71. The lowest BCUT2D eigenvalue weighted by atomic mass is 9.77. The minimum absolute atomic E-state index is 0.0694. The zero-order chi connectivity index (χ0) is 25.2. The number of unbranched alkanes of at least 4 members (excludes halogenated alkanes) is 1. The van der Waals surface area contributed by atoms with Crippen molar-refractivity contribution in [2.45, 2.75) is 95.8 Å². The lowest BCUT2D eigenvalue weighted by molar-refractivity contribution is 0.117. The molecular weight excluding hydrogens is 450 g/mol. The summed E-state index contributed by atoms with van der Waals surface area (Å²) in [5.41, 5.74) is 4.30. The van der Waals surface area contributed by atoms with Gasteiger partial charge in [-0.2, -0.15) is 0 Å². The number of rotatable bonds is 12. The van der Waals surface area contributed by atoms with Crippen molar-refractivity contribution in [1.29, 1.82) is 0 Å². The lowest BCUT2D eigenvalue weighted by Gasteiger charge is -2.29. The van der Waals surface area contributed by atoms with Gasteiger partial charge in [0.2, 0.25) is 0 Å². The molecule has 2 aromatic carbocycles. The number of halogens is 2. The number of alkyl halides is 1. The highest BCUT2D eigenvalue weighted by Gasteiger charge is 2.24. The average molecular weight is 497 g/mol. The van der Waals surface area contributed by atoms with Gasteiger partial charge in [0.25, 0.3) is 0 Å². The third-order valence-electron chi connectivity index (χ3n) is 9.02. The number of methoxy groups -OCH3 is 1. The summed E-state index contributed by atoms with van der Waals surface area (Å²) in [6, 6.07) is 14.6. The van der Waals surface area contributed by atoms with Crippen LogP contribution in [0, 0.1) is 23.6 Å². The van der Waals surface area contributed by atoms with E-state index in [1.807, 2.05) is 13.2 Å². The standard InChI is InChI=1S/C33H46F2O/c1-36-24-28-10-8-25(9-11-28)5-2-3-6-26-12-16-29(17-13-26)31-20-21-32(33(35)23-31)30-18-14-27(15-19-30)7-4-22-34/h12-13,16-17,20-21,23,25,27-28,30H,2-11,14-15,18-19,22,24H2,1H3. The first-order valence-corrected chi connectivity index (χ1v) is 14.6. The fourth-order valence-corrected chi connectivity index (χ4v) is 6.71. The molecule has 0 aliphatic heterocycles. The molecule has 3 heteroatoms. The first-order chi connectivity index (χ1) is 17.7. The number of ether oxygens (including phenoxy) is 1. The summed E-state index contributed by atoms with van der Waals surface area (Å²) in [7, 11) is 1.82. The zero-order valence-corrected chi connectivity index (χ0v) is 22.3. The van der Waals surface area contributed by atoms with Crippen LogP contribution in [0.5, 0.6) is 0 Å². The van der Waals surface area contributed by atoms with Gasteiger partial charge in [0.05, 0.1) is 6.67 Å². The Bertz CT molecular complexity index is 892. The molecule has 0 atom stereocenters. The van der Waals surface area contributed by atoms with Gasteiger partial charge in [-0.15, -0.1) is 0 Å². The molecule has 2 aliphatic carbocycles. The summed E-state index contributed by atoms with van der Waals surface area (Å²) >= 11 is 0. The molecule has 198 valence electrons. The highest BCUT2D eigenvalue weighted by molar-refractivity contribution is 5.64. The lowest BCUT2D eigenvalue weighted by Crippen LogP contribution is -2.18. The van der Waals surface area contributed by atoms with E-state index in [-0.39, 0.29) is 12.5 Å². The molecule has 4 rings (SSSR count). The molecule has 1 nitrogen and oxygen atoms in total. The maximum atomic E-state index is 15.1. The van der Waals surface area contributed by atoms with Gasteiger partial charge in [-0.3, -0.25) is 4.39 Å². The quantitative estimate of drug-likeness (QED) is 0.266. The molecule has 2 aliphatic rings. The van der Waals surface area contributed by atoms with Crippen molar-refractivity contribution in [2.75, 3.05) is 20.4 Å². The van der Waals surface area contributed by atoms with Crippen molar-refractivity contribution in [3.63, 3.8) is 0 Å². The monoisotopic (exact) mass is 496 g/mol. The summed E-state index contributed by atoms with van der Waals surface area (Å²) in [5, 5.41) is 0. The van der Waals surface area contributed by atoms with E-state index in [1.54, 1.807) is 6.07 Å². The van der Waals surface area contributed by atoms with Gasteiger partial charge < -0.3 is 4.74 Å². The second-order valence-electron chi connectivity index (χ2n) is 11.6. The molecule has 0 radical (unpaired) electrons. The van der Waals surface area contributed by atoms with Crippen molar-refractivity contribution in [2.24, 2.45) is 17.8 Å². The van der Waals surface area contributed by atoms with Gasteiger partial charge in [-0.05, 0) is 116 Å². The first kappa shape index (κ1) is 27.3. The number of hydrogen-bond donors (Lipinski definition) is 0. The largest absolute Gasteiger partial charge is 0.384 e. The highest BCUT2D eigenvalue weighted by atomic mass is 19.1. The molecule has 2 fully saturated rings. The minimum atomic E-state index is -0.215. The molecule has 0 spiro atoms. The van der Waals surface area contributed by atoms with Gasteiger partial charge in [0.1, 0.15) is 5.82 Å². The molecule has 0 aromatic heterocycles. The van der Waals surface area contributed by atoms with Gasteiger partial charge in [-0.25, -0.2) is 4.39 Å². The van der Waals surface area contributed by atoms with E-state index in [2.05, 4.69) is 30.3 Å². The van der Waals surface area contributed by atoms with Gasteiger partial charge in [0, 0.05) is 13.7 Å². The Morgan fingerprint density at radius 1 is 0.722 bits per heavy atom. The van der Waals surface area contributed by atoms with E-state index in [0.29, 0.717) is 18.3 Å². The van der Waals surface area contributed by atoms with Crippen LogP contribution in [0.3, 0.4) is 0 Å². The Morgan fingerprint density at radius 2 is 1.33 bits per heavy atom. The number of hydrogen-bond acceptors (Lipinski definition) is 1. The zero-order valence-electron chi connectivity index (χ0n) is 22.3. The number of benzene rings is 2. The second-order valence-corrected chi connectivity index (χ2v) is 11.6. The number of aryl methyl sites for hydroxylation is 1. The average Bonchev–Trinajstić information content (AvgIpc) is 2.92. The molecule has 0 saturated heterocycles. The molecule has 0 N–H and O–H groups in total.